The minimum absolute atomic E-state index is 0. The number of hydrogen-bond donors (Lipinski definition) is 2. The van der Waals surface area contributed by atoms with Gasteiger partial charge in [-0.2, -0.15) is 0 Å². The Hall–Kier alpha value is -1.75. The zero-order valence-electron chi connectivity index (χ0n) is 11.2. The summed E-state index contributed by atoms with van der Waals surface area (Å²) in [6.07, 6.45) is 0.622. The average Bonchev–Trinajstić information content (AvgIpc) is 2.32. The van der Waals surface area contributed by atoms with Gasteiger partial charge in [-0.1, -0.05) is 12.1 Å². The monoisotopic (exact) mass is 285 g/mol. The van der Waals surface area contributed by atoms with E-state index in [4.69, 9.17) is 5.73 Å². The van der Waals surface area contributed by atoms with Crippen molar-refractivity contribution in [3.63, 3.8) is 0 Å². The molecule has 0 aliphatic carbocycles. The van der Waals surface area contributed by atoms with E-state index < -0.39 is 0 Å². The maximum absolute atomic E-state index is 11.6. The van der Waals surface area contributed by atoms with Crippen molar-refractivity contribution < 1.29 is 9.59 Å². The lowest BCUT2D eigenvalue weighted by molar-refractivity contribution is -0.128. The zero-order valence-corrected chi connectivity index (χ0v) is 12.0. The van der Waals surface area contributed by atoms with Gasteiger partial charge in [0.05, 0.1) is 6.42 Å². The van der Waals surface area contributed by atoms with Crippen LogP contribution in [0.15, 0.2) is 24.3 Å². The van der Waals surface area contributed by atoms with E-state index in [2.05, 4.69) is 5.32 Å². The van der Waals surface area contributed by atoms with Gasteiger partial charge >= 0.3 is 0 Å². The Bertz CT molecular complexity index is 418. The number of carbonyl (C=O) groups excluding carboxylic acids is 2. The van der Waals surface area contributed by atoms with Crippen LogP contribution in [0.3, 0.4) is 0 Å². The molecule has 0 saturated carbocycles. The molecule has 0 unspecified atom stereocenters. The highest BCUT2D eigenvalue weighted by Crippen LogP contribution is 2.05. The van der Waals surface area contributed by atoms with E-state index in [1.165, 1.54) is 4.90 Å². The predicted octanol–water partition coefficient (Wildman–Crippen LogP) is 0.828. The van der Waals surface area contributed by atoms with Crippen molar-refractivity contribution in [3.05, 3.63) is 29.8 Å². The smallest absolute Gasteiger partial charge is 0.224 e. The second-order valence-electron chi connectivity index (χ2n) is 4.31. The zero-order chi connectivity index (χ0) is 13.5. The van der Waals surface area contributed by atoms with E-state index in [1.807, 2.05) is 12.1 Å². The molecule has 0 bridgehead atoms. The van der Waals surface area contributed by atoms with Gasteiger partial charge in [-0.15, -0.1) is 12.4 Å². The summed E-state index contributed by atoms with van der Waals surface area (Å²) in [4.78, 5) is 24.4. The molecule has 0 saturated heterocycles. The van der Waals surface area contributed by atoms with Crippen LogP contribution < -0.4 is 11.1 Å². The van der Waals surface area contributed by atoms with Gasteiger partial charge in [0.2, 0.25) is 11.8 Å². The van der Waals surface area contributed by atoms with Crippen LogP contribution in [-0.2, 0) is 16.0 Å². The molecule has 106 valence electrons. The molecular formula is C13H20ClN3O2. The maximum Gasteiger partial charge on any atom is 0.224 e. The highest BCUT2D eigenvalue weighted by Gasteiger charge is 2.06. The number of benzene rings is 1. The van der Waals surface area contributed by atoms with Crippen molar-refractivity contribution in [2.24, 2.45) is 0 Å². The van der Waals surface area contributed by atoms with Gasteiger partial charge in [0.1, 0.15) is 0 Å². The molecule has 3 N–H and O–H groups in total. The predicted molar refractivity (Wildman–Crippen MR) is 78.1 cm³/mol. The number of hydrogen-bond acceptors (Lipinski definition) is 3. The van der Waals surface area contributed by atoms with Gasteiger partial charge in [-0.25, -0.2) is 0 Å². The van der Waals surface area contributed by atoms with Crippen molar-refractivity contribution in [1.82, 2.24) is 10.2 Å². The molecule has 2 amide bonds. The van der Waals surface area contributed by atoms with E-state index in [-0.39, 0.29) is 24.2 Å². The number of nitrogens with one attached hydrogen (secondary N) is 1. The fraction of sp³-hybridized carbons (Fsp3) is 0.385. The molecule has 0 aliphatic rings. The van der Waals surface area contributed by atoms with Gasteiger partial charge in [-0.3, -0.25) is 9.59 Å². The first-order valence-corrected chi connectivity index (χ1v) is 5.80. The second-order valence-corrected chi connectivity index (χ2v) is 4.31. The Labute approximate surface area is 119 Å². The SMILES string of the molecule is CN(C)C(=O)CCNC(=O)Cc1ccc(N)cc1.Cl. The number of nitrogen functional groups attached to an aromatic ring is 1. The number of nitrogens with zero attached hydrogens (tertiary/aromatic N) is 1. The van der Waals surface area contributed by atoms with Crippen molar-refractivity contribution in [1.29, 1.82) is 0 Å². The van der Waals surface area contributed by atoms with Crippen LogP contribution >= 0.6 is 12.4 Å². The minimum Gasteiger partial charge on any atom is -0.399 e. The minimum atomic E-state index is -0.0914. The first kappa shape index (κ1) is 17.2. The summed E-state index contributed by atoms with van der Waals surface area (Å²) in [5, 5.41) is 2.71. The molecule has 1 rings (SSSR count). The molecule has 0 spiro atoms. The number of carbonyl (C=O) groups is 2. The Morgan fingerprint density at radius 1 is 1.21 bits per heavy atom. The quantitative estimate of drug-likeness (QED) is 0.787. The molecule has 0 aromatic heterocycles. The van der Waals surface area contributed by atoms with Crippen LogP contribution in [0.4, 0.5) is 5.69 Å². The van der Waals surface area contributed by atoms with Crippen LogP contribution in [0, 0.1) is 0 Å². The summed E-state index contributed by atoms with van der Waals surface area (Å²) in [7, 11) is 3.39. The number of rotatable bonds is 5. The van der Waals surface area contributed by atoms with Crippen LogP contribution in [0.5, 0.6) is 0 Å². The molecule has 0 heterocycles. The highest BCUT2D eigenvalue weighted by molar-refractivity contribution is 5.85. The fourth-order valence-corrected chi connectivity index (χ4v) is 1.42. The number of amides is 2. The first-order valence-electron chi connectivity index (χ1n) is 5.80. The molecule has 1 aromatic carbocycles. The third-order valence-corrected chi connectivity index (χ3v) is 2.50. The summed E-state index contributed by atoms with van der Waals surface area (Å²) in [6.45, 7) is 0.366. The molecule has 1 aromatic rings. The number of halogens is 1. The fourth-order valence-electron chi connectivity index (χ4n) is 1.42. The Morgan fingerprint density at radius 2 is 1.79 bits per heavy atom. The molecule has 0 aliphatic heterocycles. The summed E-state index contributed by atoms with van der Waals surface area (Å²) < 4.78 is 0. The molecule has 0 radical (unpaired) electrons. The van der Waals surface area contributed by atoms with Gasteiger partial charge < -0.3 is 16.0 Å². The van der Waals surface area contributed by atoms with Crippen LogP contribution in [-0.4, -0.2) is 37.4 Å². The van der Waals surface area contributed by atoms with Crippen molar-refractivity contribution >= 4 is 29.9 Å². The molecular weight excluding hydrogens is 266 g/mol. The largest absolute Gasteiger partial charge is 0.399 e. The standard InChI is InChI=1S/C13H19N3O2.ClH/c1-16(2)13(18)7-8-15-12(17)9-10-3-5-11(14)6-4-10;/h3-6H,7-9,14H2,1-2H3,(H,15,17);1H. The van der Waals surface area contributed by atoms with Crippen molar-refractivity contribution in [3.8, 4) is 0 Å². The summed E-state index contributed by atoms with van der Waals surface area (Å²) in [5.74, 6) is -0.0888. The molecule has 0 fully saturated rings. The van der Waals surface area contributed by atoms with Gasteiger partial charge in [-0.05, 0) is 17.7 Å². The summed E-state index contributed by atoms with van der Waals surface area (Å²) in [6, 6.07) is 7.16. The third-order valence-electron chi connectivity index (χ3n) is 2.50. The van der Waals surface area contributed by atoms with Gasteiger partial charge in [0.15, 0.2) is 0 Å². The molecule has 19 heavy (non-hydrogen) atoms. The van der Waals surface area contributed by atoms with Crippen LogP contribution in [0.1, 0.15) is 12.0 Å². The first-order chi connectivity index (χ1) is 8.49. The van der Waals surface area contributed by atoms with E-state index in [0.29, 0.717) is 25.1 Å². The molecule has 0 atom stereocenters. The topological polar surface area (TPSA) is 75.4 Å². The normalized spacial score (nSPS) is 9.37. The Morgan fingerprint density at radius 3 is 2.32 bits per heavy atom. The highest BCUT2D eigenvalue weighted by atomic mass is 35.5. The van der Waals surface area contributed by atoms with Gasteiger partial charge in [0, 0.05) is 32.7 Å². The van der Waals surface area contributed by atoms with Gasteiger partial charge in [0.25, 0.3) is 0 Å². The van der Waals surface area contributed by atoms with Crippen molar-refractivity contribution in [2.45, 2.75) is 12.8 Å². The van der Waals surface area contributed by atoms with E-state index >= 15 is 0 Å². The second kappa shape index (κ2) is 8.37. The molecule has 5 nitrogen and oxygen atoms in total. The summed E-state index contributed by atoms with van der Waals surface area (Å²) >= 11 is 0. The van der Waals surface area contributed by atoms with Crippen LogP contribution in [0.25, 0.3) is 0 Å². The van der Waals surface area contributed by atoms with E-state index in [1.54, 1.807) is 26.2 Å². The lowest BCUT2D eigenvalue weighted by Crippen LogP contribution is -2.31. The number of nitrogens with two attached hydrogens (primary N) is 1. The average molecular weight is 286 g/mol. The number of anilines is 1. The van der Waals surface area contributed by atoms with Crippen molar-refractivity contribution in [2.75, 3.05) is 26.4 Å². The molecule has 6 heteroatoms. The van der Waals surface area contributed by atoms with E-state index in [9.17, 15) is 9.59 Å². The third kappa shape index (κ3) is 6.67. The Balaban J connectivity index is 0.00000324. The van der Waals surface area contributed by atoms with E-state index in [0.717, 1.165) is 5.56 Å². The summed E-state index contributed by atoms with van der Waals surface area (Å²) in [5.41, 5.74) is 7.14. The maximum atomic E-state index is 11.6. The lowest BCUT2D eigenvalue weighted by atomic mass is 10.1. The Kier molecular flexibility index (Phi) is 7.60. The lowest BCUT2D eigenvalue weighted by Gasteiger charge is -2.10. The van der Waals surface area contributed by atoms with Crippen LogP contribution in [0.2, 0.25) is 0 Å².